The Kier molecular flexibility index (Phi) is 7.56. The molecule has 0 aromatic heterocycles. The fourth-order valence-electron chi connectivity index (χ4n) is 3.58. The molecular formula is C24H28BrNO4. The first-order valence-corrected chi connectivity index (χ1v) is 10.9. The summed E-state index contributed by atoms with van der Waals surface area (Å²) in [5, 5.41) is 3.23. The van der Waals surface area contributed by atoms with E-state index >= 15 is 0 Å². The summed E-state index contributed by atoms with van der Waals surface area (Å²) < 4.78 is 17.7. The van der Waals surface area contributed by atoms with Gasteiger partial charge in [0.05, 0.1) is 18.8 Å². The van der Waals surface area contributed by atoms with Crippen LogP contribution in [0.4, 0.5) is 0 Å². The zero-order valence-corrected chi connectivity index (χ0v) is 19.2. The van der Waals surface area contributed by atoms with Gasteiger partial charge >= 0.3 is 0 Å². The van der Waals surface area contributed by atoms with Gasteiger partial charge in [-0.1, -0.05) is 34.1 Å². The third-order valence-corrected chi connectivity index (χ3v) is 5.56. The van der Waals surface area contributed by atoms with Crippen molar-refractivity contribution < 1.29 is 19.0 Å². The number of hydrogen-bond acceptors (Lipinski definition) is 4. The monoisotopic (exact) mass is 473 g/mol. The van der Waals surface area contributed by atoms with Crippen LogP contribution in [-0.2, 0) is 15.1 Å². The maximum atomic E-state index is 12.8. The smallest absolute Gasteiger partial charge is 0.244 e. The molecule has 1 fully saturated rings. The summed E-state index contributed by atoms with van der Waals surface area (Å²) in [6.07, 6.45) is 4.87. The van der Waals surface area contributed by atoms with Gasteiger partial charge in [0.2, 0.25) is 5.91 Å². The zero-order chi connectivity index (χ0) is 21.6. The minimum absolute atomic E-state index is 0.0553. The molecule has 1 aliphatic rings. The largest absolute Gasteiger partial charge is 0.493 e. The number of ether oxygens (including phenoxy) is 3. The molecule has 1 saturated heterocycles. The number of carbonyl (C=O) groups is 1. The summed E-state index contributed by atoms with van der Waals surface area (Å²) in [6.45, 7) is 5.17. The van der Waals surface area contributed by atoms with Gasteiger partial charge in [-0.05, 0) is 68.2 Å². The van der Waals surface area contributed by atoms with Crippen LogP contribution in [0.5, 0.6) is 11.5 Å². The first-order valence-electron chi connectivity index (χ1n) is 10.1. The second kappa shape index (κ2) is 10.1. The summed E-state index contributed by atoms with van der Waals surface area (Å²) in [6, 6.07) is 13.7. The highest BCUT2D eigenvalue weighted by molar-refractivity contribution is 9.10. The molecule has 0 saturated carbocycles. The molecule has 2 aromatic carbocycles. The molecule has 1 aliphatic heterocycles. The molecule has 0 unspecified atom stereocenters. The van der Waals surface area contributed by atoms with E-state index in [2.05, 4.69) is 33.4 Å². The Morgan fingerprint density at radius 3 is 2.60 bits per heavy atom. The number of benzene rings is 2. The molecule has 0 bridgehead atoms. The second-order valence-electron chi connectivity index (χ2n) is 7.60. The van der Waals surface area contributed by atoms with Gasteiger partial charge in [0.1, 0.15) is 0 Å². The summed E-state index contributed by atoms with van der Waals surface area (Å²) in [5.74, 6) is 1.18. The number of rotatable bonds is 7. The van der Waals surface area contributed by atoms with Crippen molar-refractivity contribution in [1.29, 1.82) is 0 Å². The highest BCUT2D eigenvalue weighted by Crippen LogP contribution is 2.34. The fraction of sp³-hybridized carbons (Fsp3) is 0.375. The quantitative estimate of drug-likeness (QED) is 0.569. The molecule has 1 amide bonds. The number of halogens is 1. The fourth-order valence-corrected chi connectivity index (χ4v) is 3.98. The van der Waals surface area contributed by atoms with Gasteiger partial charge in [0, 0.05) is 23.8 Å². The Hall–Kier alpha value is -2.31. The lowest BCUT2D eigenvalue weighted by atomic mass is 9.82. The van der Waals surface area contributed by atoms with Crippen LogP contribution in [0.2, 0.25) is 0 Å². The van der Waals surface area contributed by atoms with Crippen LogP contribution in [0.15, 0.2) is 53.0 Å². The van der Waals surface area contributed by atoms with Crippen LogP contribution >= 0.6 is 15.9 Å². The molecule has 1 heterocycles. The number of amides is 1. The average molecular weight is 474 g/mol. The predicted molar refractivity (Wildman–Crippen MR) is 122 cm³/mol. The molecule has 1 N–H and O–H groups in total. The minimum Gasteiger partial charge on any atom is -0.493 e. The van der Waals surface area contributed by atoms with Crippen LogP contribution in [0.25, 0.3) is 6.08 Å². The van der Waals surface area contributed by atoms with E-state index in [1.165, 1.54) is 0 Å². The summed E-state index contributed by atoms with van der Waals surface area (Å²) >= 11 is 3.53. The van der Waals surface area contributed by atoms with Gasteiger partial charge in [-0.25, -0.2) is 0 Å². The van der Waals surface area contributed by atoms with Crippen molar-refractivity contribution in [3.8, 4) is 11.5 Å². The maximum Gasteiger partial charge on any atom is 0.244 e. The normalized spacial score (nSPS) is 15.9. The van der Waals surface area contributed by atoms with Crippen molar-refractivity contribution in [3.05, 3.63) is 64.1 Å². The molecule has 0 aliphatic carbocycles. The van der Waals surface area contributed by atoms with E-state index in [4.69, 9.17) is 14.2 Å². The van der Waals surface area contributed by atoms with Gasteiger partial charge in [-0.15, -0.1) is 0 Å². The highest BCUT2D eigenvalue weighted by Gasteiger charge is 2.35. The van der Waals surface area contributed by atoms with Crippen LogP contribution in [0.3, 0.4) is 0 Å². The van der Waals surface area contributed by atoms with Crippen molar-refractivity contribution in [3.63, 3.8) is 0 Å². The van der Waals surface area contributed by atoms with Gasteiger partial charge < -0.3 is 19.5 Å². The molecule has 0 spiro atoms. The van der Waals surface area contributed by atoms with Crippen molar-refractivity contribution >= 4 is 27.9 Å². The number of nitrogens with one attached hydrogen (secondary N) is 1. The third kappa shape index (κ3) is 5.64. The van der Waals surface area contributed by atoms with E-state index in [-0.39, 0.29) is 12.0 Å². The molecule has 0 atom stereocenters. The van der Waals surface area contributed by atoms with E-state index in [0.717, 1.165) is 28.4 Å². The SMILES string of the molecule is COc1cc(/C=C/C(=O)NC2(c3cccc(Br)c3)CCOCC2)ccc1OC(C)C. The standard InChI is InChI=1S/C24H28BrNO4/c1-17(2)30-21-9-7-18(15-22(21)28-3)8-10-23(27)26-24(11-13-29-14-12-24)19-5-4-6-20(25)16-19/h4-10,15-17H,11-14H2,1-3H3,(H,26,27)/b10-8+. The van der Waals surface area contributed by atoms with E-state index in [9.17, 15) is 4.79 Å². The first-order chi connectivity index (χ1) is 14.4. The predicted octanol–water partition coefficient (Wildman–Crippen LogP) is 5.08. The van der Waals surface area contributed by atoms with E-state index < -0.39 is 5.54 Å². The lowest BCUT2D eigenvalue weighted by Gasteiger charge is -2.38. The number of carbonyl (C=O) groups excluding carboxylic acids is 1. The molecule has 2 aromatic rings. The van der Waals surface area contributed by atoms with E-state index in [1.54, 1.807) is 19.3 Å². The number of methoxy groups -OCH3 is 1. The molecule has 3 rings (SSSR count). The highest BCUT2D eigenvalue weighted by atomic mass is 79.9. The molecule has 0 radical (unpaired) electrons. The van der Waals surface area contributed by atoms with Crippen LogP contribution in [0.1, 0.15) is 37.8 Å². The molecule has 5 nitrogen and oxygen atoms in total. The Labute approximate surface area is 186 Å². The Morgan fingerprint density at radius 2 is 1.93 bits per heavy atom. The van der Waals surface area contributed by atoms with E-state index in [1.807, 2.05) is 44.2 Å². The maximum absolute atomic E-state index is 12.8. The summed E-state index contributed by atoms with van der Waals surface area (Å²) in [4.78, 5) is 12.8. The number of hydrogen-bond donors (Lipinski definition) is 1. The topological polar surface area (TPSA) is 56.8 Å². The van der Waals surface area contributed by atoms with Crippen LogP contribution in [-0.4, -0.2) is 32.3 Å². The molecular weight excluding hydrogens is 446 g/mol. The zero-order valence-electron chi connectivity index (χ0n) is 17.6. The lowest BCUT2D eigenvalue weighted by molar-refractivity contribution is -0.119. The first kappa shape index (κ1) is 22.4. The minimum atomic E-state index is -0.434. The van der Waals surface area contributed by atoms with Crippen molar-refractivity contribution in [1.82, 2.24) is 5.32 Å². The molecule has 6 heteroatoms. The van der Waals surface area contributed by atoms with Crippen molar-refractivity contribution in [2.24, 2.45) is 0 Å². The molecule has 160 valence electrons. The second-order valence-corrected chi connectivity index (χ2v) is 8.52. The van der Waals surface area contributed by atoms with Crippen molar-refractivity contribution in [2.75, 3.05) is 20.3 Å². The average Bonchev–Trinajstić information content (AvgIpc) is 2.73. The Balaban J connectivity index is 1.76. The summed E-state index contributed by atoms with van der Waals surface area (Å²) in [7, 11) is 1.61. The Bertz CT molecular complexity index is 904. The van der Waals surface area contributed by atoms with Gasteiger partial charge in [0.15, 0.2) is 11.5 Å². The third-order valence-electron chi connectivity index (χ3n) is 5.06. The van der Waals surface area contributed by atoms with Gasteiger partial charge in [-0.2, -0.15) is 0 Å². The van der Waals surface area contributed by atoms with E-state index in [0.29, 0.717) is 24.7 Å². The van der Waals surface area contributed by atoms with Gasteiger partial charge in [-0.3, -0.25) is 4.79 Å². The van der Waals surface area contributed by atoms with Crippen molar-refractivity contribution in [2.45, 2.75) is 38.3 Å². The Morgan fingerprint density at radius 1 is 1.17 bits per heavy atom. The van der Waals surface area contributed by atoms with Crippen LogP contribution in [0, 0.1) is 0 Å². The molecule has 30 heavy (non-hydrogen) atoms. The van der Waals surface area contributed by atoms with Crippen LogP contribution < -0.4 is 14.8 Å². The van der Waals surface area contributed by atoms with Gasteiger partial charge in [0.25, 0.3) is 0 Å². The summed E-state index contributed by atoms with van der Waals surface area (Å²) in [5.41, 5.74) is 1.51. The lowest BCUT2D eigenvalue weighted by Crippen LogP contribution is -2.49.